The fraction of sp³-hybridized carbons (Fsp3) is 0.158. The molecule has 4 rings (SSSR count). The third-order valence-corrected chi connectivity index (χ3v) is 4.73. The molecule has 7 heteroatoms. The summed E-state index contributed by atoms with van der Waals surface area (Å²) >= 11 is 6.05. The van der Waals surface area contributed by atoms with Crippen molar-refractivity contribution in [2.24, 2.45) is 11.0 Å². The molecule has 0 aromatic heterocycles. The second-order valence-electron chi connectivity index (χ2n) is 6.14. The Morgan fingerprint density at radius 1 is 1.00 bits per heavy atom. The molecule has 2 heterocycles. The summed E-state index contributed by atoms with van der Waals surface area (Å²) in [5.41, 5.74) is 1.12. The van der Waals surface area contributed by atoms with Crippen LogP contribution in [0.1, 0.15) is 6.92 Å². The highest BCUT2D eigenvalue weighted by atomic mass is 35.5. The molecule has 2 aliphatic heterocycles. The van der Waals surface area contributed by atoms with Crippen LogP contribution in [-0.2, 0) is 14.4 Å². The van der Waals surface area contributed by atoms with Gasteiger partial charge in [-0.1, -0.05) is 35.9 Å². The molecule has 1 fully saturated rings. The van der Waals surface area contributed by atoms with Crippen LogP contribution in [0.5, 0.6) is 0 Å². The monoisotopic (exact) mass is 367 g/mol. The first kappa shape index (κ1) is 16.5. The number of hydrogen-bond acceptors (Lipinski definition) is 5. The van der Waals surface area contributed by atoms with Crippen molar-refractivity contribution in [1.29, 1.82) is 0 Å². The van der Waals surface area contributed by atoms with E-state index in [1.165, 1.54) is 11.9 Å². The zero-order valence-electron chi connectivity index (χ0n) is 13.8. The predicted molar refractivity (Wildman–Crippen MR) is 98.3 cm³/mol. The van der Waals surface area contributed by atoms with E-state index in [0.29, 0.717) is 16.4 Å². The largest absolute Gasteiger partial charge is 0.293 e. The summed E-state index contributed by atoms with van der Waals surface area (Å²) in [5.74, 6) is -2.10. The number of para-hydroxylation sites is 1. The zero-order valence-corrected chi connectivity index (χ0v) is 14.6. The van der Waals surface area contributed by atoms with Crippen molar-refractivity contribution in [3.63, 3.8) is 0 Å². The highest BCUT2D eigenvalue weighted by Crippen LogP contribution is 2.38. The van der Waals surface area contributed by atoms with Crippen molar-refractivity contribution in [2.75, 3.05) is 9.91 Å². The maximum atomic E-state index is 13.1. The quantitative estimate of drug-likeness (QED) is 0.782. The van der Waals surface area contributed by atoms with Gasteiger partial charge in [-0.3, -0.25) is 19.4 Å². The summed E-state index contributed by atoms with van der Waals surface area (Å²) in [6, 6.07) is 14.6. The number of nitrogens with zero attached hydrogens (tertiary/aromatic N) is 3. The Kier molecular flexibility index (Phi) is 3.85. The van der Waals surface area contributed by atoms with Gasteiger partial charge in [-0.15, -0.1) is 0 Å². The molecule has 0 saturated carbocycles. The number of benzene rings is 2. The van der Waals surface area contributed by atoms with Crippen LogP contribution in [0.2, 0.25) is 5.02 Å². The minimum absolute atomic E-state index is 0.0896. The van der Waals surface area contributed by atoms with Crippen LogP contribution in [0.3, 0.4) is 0 Å². The number of imide groups is 1. The highest BCUT2D eigenvalue weighted by Gasteiger charge is 2.58. The maximum absolute atomic E-state index is 13.1. The number of fused-ring (bicyclic) bond motifs is 1. The van der Waals surface area contributed by atoms with Gasteiger partial charge in [-0.05, 0) is 30.3 Å². The molecular formula is C19H14ClN3O3. The molecule has 0 N–H and O–H groups in total. The van der Waals surface area contributed by atoms with Crippen LogP contribution in [-0.4, -0.2) is 29.4 Å². The Labute approximate surface area is 154 Å². The summed E-state index contributed by atoms with van der Waals surface area (Å²) in [6.45, 7) is 1.35. The first-order valence-corrected chi connectivity index (χ1v) is 8.44. The van der Waals surface area contributed by atoms with Gasteiger partial charge in [0.05, 0.1) is 11.4 Å². The molecule has 0 radical (unpaired) electrons. The van der Waals surface area contributed by atoms with E-state index in [1.54, 1.807) is 54.6 Å². The highest BCUT2D eigenvalue weighted by molar-refractivity contribution is 6.48. The smallest absolute Gasteiger partial charge is 0.259 e. The third-order valence-electron chi connectivity index (χ3n) is 4.50. The minimum atomic E-state index is -0.917. The normalized spacial score (nSPS) is 21.8. The van der Waals surface area contributed by atoms with Crippen LogP contribution < -0.4 is 9.91 Å². The molecule has 130 valence electrons. The van der Waals surface area contributed by atoms with Gasteiger partial charge in [0.1, 0.15) is 17.7 Å². The molecule has 6 nitrogen and oxygen atoms in total. The summed E-state index contributed by atoms with van der Waals surface area (Å²) < 4.78 is 0. The number of Topliss-reactive ketones (excluding diaryl/α,β-unsaturated/α-hetero) is 1. The second-order valence-corrected chi connectivity index (χ2v) is 6.57. The van der Waals surface area contributed by atoms with Gasteiger partial charge in [0.25, 0.3) is 5.91 Å². The number of ketones is 1. The van der Waals surface area contributed by atoms with Gasteiger partial charge >= 0.3 is 0 Å². The predicted octanol–water partition coefficient (Wildman–Crippen LogP) is 2.66. The average molecular weight is 368 g/mol. The second kappa shape index (κ2) is 6.07. The summed E-state index contributed by atoms with van der Waals surface area (Å²) in [4.78, 5) is 39.2. The van der Waals surface area contributed by atoms with Crippen LogP contribution >= 0.6 is 11.6 Å². The van der Waals surface area contributed by atoms with Crippen molar-refractivity contribution in [1.82, 2.24) is 0 Å². The molecule has 0 unspecified atom stereocenters. The standard InChI is InChI=1S/C19H14ClN3O3/c1-11(24)16-15-17(23(21-16)14-9-5-6-12(20)10-14)19(26)22(18(15)25)13-7-3-2-4-8-13/h2-10,15,17H,1H3/t15-,17-/m0/s1. The Morgan fingerprint density at radius 2 is 1.69 bits per heavy atom. The van der Waals surface area contributed by atoms with Gasteiger partial charge in [-0.25, -0.2) is 4.90 Å². The van der Waals surface area contributed by atoms with Crippen LogP contribution in [0, 0.1) is 5.92 Å². The molecule has 2 atom stereocenters. The van der Waals surface area contributed by atoms with E-state index >= 15 is 0 Å². The van der Waals surface area contributed by atoms with Crippen molar-refractivity contribution >= 4 is 46.3 Å². The van der Waals surface area contributed by atoms with E-state index in [1.807, 2.05) is 0 Å². The lowest BCUT2D eigenvalue weighted by molar-refractivity contribution is -0.122. The van der Waals surface area contributed by atoms with Gasteiger partial charge < -0.3 is 0 Å². The SMILES string of the molecule is CC(=O)C1=NN(c2cccc(Cl)c2)[C@@H]2C(=O)N(c3ccccc3)C(=O)[C@@H]12. The summed E-state index contributed by atoms with van der Waals surface area (Å²) in [6.07, 6.45) is 0. The van der Waals surface area contributed by atoms with Gasteiger partial charge in [0.15, 0.2) is 5.78 Å². The van der Waals surface area contributed by atoms with E-state index in [4.69, 9.17) is 11.6 Å². The van der Waals surface area contributed by atoms with Crippen LogP contribution in [0.15, 0.2) is 59.7 Å². The van der Waals surface area contributed by atoms with E-state index < -0.39 is 23.8 Å². The number of hydrogen-bond donors (Lipinski definition) is 0. The fourth-order valence-electron chi connectivity index (χ4n) is 3.37. The Morgan fingerprint density at radius 3 is 2.35 bits per heavy atom. The molecule has 2 aromatic rings. The van der Waals surface area contributed by atoms with Crippen LogP contribution in [0.25, 0.3) is 0 Å². The molecule has 1 saturated heterocycles. The number of hydrazone groups is 1. The minimum Gasteiger partial charge on any atom is -0.293 e. The first-order chi connectivity index (χ1) is 12.5. The van der Waals surface area contributed by atoms with Crippen molar-refractivity contribution in [3.05, 3.63) is 59.6 Å². The molecule has 0 bridgehead atoms. The summed E-state index contributed by atoms with van der Waals surface area (Å²) in [5, 5.41) is 6.19. The average Bonchev–Trinajstić information content (AvgIpc) is 3.13. The lowest BCUT2D eigenvalue weighted by atomic mass is 9.95. The molecule has 0 spiro atoms. The van der Waals surface area contributed by atoms with Crippen molar-refractivity contribution in [2.45, 2.75) is 13.0 Å². The Balaban J connectivity index is 1.82. The van der Waals surface area contributed by atoms with E-state index in [2.05, 4.69) is 5.10 Å². The topological polar surface area (TPSA) is 70.1 Å². The first-order valence-electron chi connectivity index (χ1n) is 8.06. The number of amides is 2. The number of rotatable bonds is 3. The molecule has 2 aliphatic rings. The number of carbonyl (C=O) groups excluding carboxylic acids is 3. The number of halogens is 1. The molecule has 2 aromatic carbocycles. The number of carbonyl (C=O) groups is 3. The molecular weight excluding hydrogens is 354 g/mol. The summed E-state index contributed by atoms with van der Waals surface area (Å²) in [7, 11) is 0. The van der Waals surface area contributed by atoms with Crippen LogP contribution in [0.4, 0.5) is 11.4 Å². The van der Waals surface area contributed by atoms with Gasteiger partial charge in [-0.2, -0.15) is 5.10 Å². The lowest BCUT2D eigenvalue weighted by Gasteiger charge is -2.22. The molecule has 26 heavy (non-hydrogen) atoms. The Bertz CT molecular complexity index is 958. The van der Waals surface area contributed by atoms with Gasteiger partial charge in [0, 0.05) is 11.9 Å². The molecule has 2 amide bonds. The molecule has 0 aliphatic carbocycles. The van der Waals surface area contributed by atoms with E-state index in [9.17, 15) is 14.4 Å². The van der Waals surface area contributed by atoms with Crippen molar-refractivity contribution < 1.29 is 14.4 Å². The third kappa shape index (κ3) is 2.42. The maximum Gasteiger partial charge on any atom is 0.259 e. The lowest BCUT2D eigenvalue weighted by Crippen LogP contribution is -2.39. The van der Waals surface area contributed by atoms with Gasteiger partial charge in [0.2, 0.25) is 5.91 Å². The van der Waals surface area contributed by atoms with E-state index in [0.717, 1.165) is 4.90 Å². The Hall–Kier alpha value is -2.99. The fourth-order valence-corrected chi connectivity index (χ4v) is 3.55. The van der Waals surface area contributed by atoms with Crippen molar-refractivity contribution in [3.8, 4) is 0 Å². The zero-order chi connectivity index (χ0) is 18.4. The van der Waals surface area contributed by atoms with E-state index in [-0.39, 0.29) is 11.5 Å². The number of anilines is 2.